The highest BCUT2D eigenvalue weighted by atomic mass is 19.4. The van der Waals surface area contributed by atoms with Crippen LogP contribution >= 0.6 is 0 Å². The number of fused-ring (bicyclic) bond motifs is 1. The summed E-state index contributed by atoms with van der Waals surface area (Å²) in [5.41, 5.74) is 3.12. The van der Waals surface area contributed by atoms with E-state index in [4.69, 9.17) is 4.74 Å². The maximum absolute atomic E-state index is 13.0. The van der Waals surface area contributed by atoms with Gasteiger partial charge in [0.1, 0.15) is 5.69 Å². The number of hydrogen-bond donors (Lipinski definition) is 2. The zero-order valence-electron chi connectivity index (χ0n) is 20.0. The van der Waals surface area contributed by atoms with Gasteiger partial charge in [0.05, 0.1) is 24.6 Å². The minimum Gasteiger partial charge on any atom is -0.388 e. The van der Waals surface area contributed by atoms with Crippen molar-refractivity contribution in [2.75, 3.05) is 36.5 Å². The summed E-state index contributed by atoms with van der Waals surface area (Å²) in [7, 11) is 0. The fraction of sp³-hybridized carbons (Fsp3) is 0.346. The molecule has 7 nitrogen and oxygen atoms in total. The number of aryl methyl sites for hydroxylation is 1. The number of aromatic nitrogens is 2. The number of aliphatic hydroxyl groups is 1. The van der Waals surface area contributed by atoms with Gasteiger partial charge in [0, 0.05) is 54.0 Å². The predicted molar refractivity (Wildman–Crippen MR) is 130 cm³/mol. The summed E-state index contributed by atoms with van der Waals surface area (Å²) in [5, 5.41) is 13.1. The summed E-state index contributed by atoms with van der Waals surface area (Å²) in [6.07, 6.45) is -2.16. The van der Waals surface area contributed by atoms with E-state index >= 15 is 0 Å². The van der Waals surface area contributed by atoms with Crippen molar-refractivity contribution in [2.24, 2.45) is 0 Å². The third kappa shape index (κ3) is 5.66. The van der Waals surface area contributed by atoms with Gasteiger partial charge in [-0.1, -0.05) is 12.1 Å². The highest BCUT2D eigenvalue weighted by Crippen LogP contribution is 2.38. The molecule has 2 aromatic heterocycles. The van der Waals surface area contributed by atoms with Gasteiger partial charge in [-0.25, -0.2) is 0 Å². The average molecular weight is 501 g/mol. The van der Waals surface area contributed by atoms with Crippen LogP contribution in [-0.2, 0) is 10.9 Å². The Balaban J connectivity index is 1.61. The van der Waals surface area contributed by atoms with Gasteiger partial charge in [-0.3, -0.25) is 14.8 Å². The first-order chi connectivity index (χ1) is 17.2. The highest BCUT2D eigenvalue weighted by Gasteiger charge is 2.33. The molecule has 0 saturated carbocycles. The van der Waals surface area contributed by atoms with E-state index in [1.54, 1.807) is 6.07 Å². The predicted octanol–water partition coefficient (Wildman–Crippen LogP) is 5.00. The Hall–Kier alpha value is -3.50. The number of hydrogen-bond acceptors (Lipinski definition) is 6. The number of ether oxygens (including phenoxy) is 1. The Morgan fingerprint density at radius 1 is 1.22 bits per heavy atom. The van der Waals surface area contributed by atoms with Crippen LogP contribution < -0.4 is 10.2 Å². The molecule has 36 heavy (non-hydrogen) atoms. The number of aliphatic hydroxyl groups excluding tert-OH is 1. The topological polar surface area (TPSA) is 87.6 Å². The lowest BCUT2D eigenvalue weighted by Crippen LogP contribution is -2.34. The number of carbonyl (C=O) groups is 1. The van der Waals surface area contributed by atoms with Crippen molar-refractivity contribution < 1.29 is 27.8 Å². The molecule has 190 valence electrons. The molecule has 1 aliphatic heterocycles. The van der Waals surface area contributed by atoms with Crippen LogP contribution in [0.2, 0.25) is 0 Å². The van der Waals surface area contributed by atoms with E-state index in [0.717, 1.165) is 28.6 Å². The van der Waals surface area contributed by atoms with Crippen molar-refractivity contribution in [1.29, 1.82) is 0 Å². The Labute approximate surface area is 207 Å². The normalized spacial score (nSPS) is 15.5. The van der Waals surface area contributed by atoms with Crippen LogP contribution in [0.1, 0.15) is 46.8 Å². The van der Waals surface area contributed by atoms with Crippen LogP contribution in [0.3, 0.4) is 0 Å². The van der Waals surface area contributed by atoms with E-state index in [1.807, 2.05) is 32.0 Å². The van der Waals surface area contributed by atoms with Gasteiger partial charge in [0.2, 0.25) is 0 Å². The lowest BCUT2D eigenvalue weighted by atomic mass is 9.94. The zero-order valence-corrected chi connectivity index (χ0v) is 20.0. The second kappa shape index (κ2) is 10.6. The number of anilines is 2. The number of pyridine rings is 2. The van der Waals surface area contributed by atoms with Gasteiger partial charge in [-0.2, -0.15) is 13.2 Å². The Kier molecular flexibility index (Phi) is 7.56. The largest absolute Gasteiger partial charge is 0.433 e. The Morgan fingerprint density at radius 2 is 2.03 bits per heavy atom. The fourth-order valence-electron chi connectivity index (χ4n) is 4.20. The molecule has 0 saturated heterocycles. The minimum atomic E-state index is -4.65. The first-order valence-electron chi connectivity index (χ1n) is 11.6. The maximum atomic E-state index is 13.0. The molecule has 0 fully saturated rings. The van der Waals surface area contributed by atoms with E-state index < -0.39 is 23.9 Å². The van der Waals surface area contributed by atoms with E-state index in [0.29, 0.717) is 50.2 Å². The summed E-state index contributed by atoms with van der Waals surface area (Å²) in [4.78, 5) is 22.5. The van der Waals surface area contributed by atoms with Crippen LogP contribution in [0.25, 0.3) is 11.1 Å². The molecular weight excluding hydrogens is 473 g/mol. The molecule has 10 heteroatoms. The summed E-state index contributed by atoms with van der Waals surface area (Å²) < 4.78 is 44.4. The van der Waals surface area contributed by atoms with E-state index in [2.05, 4.69) is 20.2 Å². The minimum absolute atomic E-state index is 0.160. The standard InChI is InChI=1S/C26H27F3N4O3/c1-3-36-11-10-33-9-7-23(34)20-5-4-17(12-22(20)33)21-14-19(15-31-16(21)2)32-25(35)18-6-8-30-24(13-18)26(27,28)29/h4-6,8,12-15,23,34H,3,7,9-11H2,1-2H3,(H,32,35). The van der Waals surface area contributed by atoms with Gasteiger partial charge in [0.15, 0.2) is 0 Å². The number of rotatable bonds is 7. The maximum Gasteiger partial charge on any atom is 0.433 e. The number of halogens is 3. The molecule has 0 spiro atoms. The second-order valence-corrected chi connectivity index (χ2v) is 8.50. The number of benzene rings is 1. The van der Waals surface area contributed by atoms with Crippen molar-refractivity contribution in [3.8, 4) is 11.1 Å². The molecule has 0 radical (unpaired) electrons. The number of nitrogens with one attached hydrogen (secondary N) is 1. The second-order valence-electron chi connectivity index (χ2n) is 8.50. The Morgan fingerprint density at radius 3 is 2.78 bits per heavy atom. The van der Waals surface area contributed by atoms with Gasteiger partial charge >= 0.3 is 6.18 Å². The summed E-state index contributed by atoms with van der Waals surface area (Å²) in [5.74, 6) is -0.699. The molecular formula is C26H27F3N4O3. The number of nitrogens with zero attached hydrogens (tertiary/aromatic N) is 3. The average Bonchev–Trinajstić information content (AvgIpc) is 2.86. The zero-order chi connectivity index (χ0) is 25.9. The molecule has 0 aliphatic carbocycles. The summed E-state index contributed by atoms with van der Waals surface area (Å²) >= 11 is 0. The molecule has 3 aromatic rings. The highest BCUT2D eigenvalue weighted by molar-refractivity contribution is 6.04. The molecule has 4 rings (SSSR count). The van der Waals surface area contributed by atoms with Gasteiger partial charge in [-0.05, 0) is 50.1 Å². The van der Waals surface area contributed by atoms with Crippen LogP contribution in [0.15, 0.2) is 48.8 Å². The van der Waals surface area contributed by atoms with Crippen molar-refractivity contribution in [1.82, 2.24) is 9.97 Å². The van der Waals surface area contributed by atoms with Crippen LogP contribution in [-0.4, -0.2) is 47.3 Å². The molecule has 1 aliphatic rings. The number of carbonyl (C=O) groups excluding carboxylic acids is 1. The van der Waals surface area contributed by atoms with Crippen LogP contribution in [0, 0.1) is 6.92 Å². The Bertz CT molecular complexity index is 1250. The first-order valence-corrected chi connectivity index (χ1v) is 11.6. The molecule has 1 amide bonds. The van der Waals surface area contributed by atoms with Gasteiger partial charge in [0.25, 0.3) is 5.91 Å². The van der Waals surface area contributed by atoms with Crippen molar-refractivity contribution in [3.63, 3.8) is 0 Å². The summed E-state index contributed by atoms with van der Waals surface area (Å²) in [6.45, 7) is 6.37. The smallest absolute Gasteiger partial charge is 0.388 e. The SMILES string of the molecule is CCOCCN1CCC(O)c2ccc(-c3cc(NC(=O)c4ccnc(C(F)(F)F)c4)cnc3C)cc21. The first kappa shape index (κ1) is 25.6. The van der Waals surface area contributed by atoms with E-state index in [9.17, 15) is 23.1 Å². The molecule has 0 bridgehead atoms. The van der Waals surface area contributed by atoms with Crippen molar-refractivity contribution in [3.05, 3.63) is 71.3 Å². The van der Waals surface area contributed by atoms with Crippen molar-refractivity contribution in [2.45, 2.75) is 32.5 Å². The summed E-state index contributed by atoms with van der Waals surface area (Å²) in [6, 6.07) is 9.43. The molecule has 1 atom stereocenters. The third-order valence-electron chi connectivity index (χ3n) is 6.08. The lowest BCUT2D eigenvalue weighted by Gasteiger charge is -2.34. The molecule has 2 N–H and O–H groups in total. The quantitative estimate of drug-likeness (QED) is 0.444. The molecule has 1 unspecified atom stereocenters. The van der Waals surface area contributed by atoms with Gasteiger partial charge < -0.3 is 20.1 Å². The molecule has 1 aromatic carbocycles. The van der Waals surface area contributed by atoms with E-state index in [1.165, 1.54) is 12.3 Å². The van der Waals surface area contributed by atoms with Crippen LogP contribution in [0.5, 0.6) is 0 Å². The number of alkyl halides is 3. The van der Waals surface area contributed by atoms with Crippen LogP contribution in [0.4, 0.5) is 24.5 Å². The van der Waals surface area contributed by atoms with Gasteiger partial charge in [-0.15, -0.1) is 0 Å². The lowest BCUT2D eigenvalue weighted by molar-refractivity contribution is -0.141. The number of amides is 1. The molecule has 3 heterocycles. The monoisotopic (exact) mass is 500 g/mol. The third-order valence-corrected chi connectivity index (χ3v) is 6.08. The fourth-order valence-corrected chi connectivity index (χ4v) is 4.20. The van der Waals surface area contributed by atoms with E-state index in [-0.39, 0.29) is 5.56 Å². The van der Waals surface area contributed by atoms with Crippen molar-refractivity contribution >= 4 is 17.3 Å².